The van der Waals surface area contributed by atoms with Gasteiger partial charge in [0.05, 0.1) is 16.5 Å². The van der Waals surface area contributed by atoms with Gasteiger partial charge < -0.3 is 14.7 Å². The first kappa shape index (κ1) is 25.1. The molecule has 2 aliphatic rings. The van der Waals surface area contributed by atoms with Gasteiger partial charge in [0, 0.05) is 65.6 Å². The minimum Gasteiger partial charge on any atom is -0.373 e. The second-order valence-electron chi connectivity index (χ2n) is 9.60. The molecule has 7 nitrogen and oxygen atoms in total. The van der Waals surface area contributed by atoms with Crippen molar-refractivity contribution >= 4 is 34.9 Å². The van der Waals surface area contributed by atoms with Crippen LogP contribution in [0, 0.1) is 5.82 Å². The van der Waals surface area contributed by atoms with Crippen molar-refractivity contribution in [3.05, 3.63) is 63.9 Å². The summed E-state index contributed by atoms with van der Waals surface area (Å²) in [5.41, 5.74) is 2.78. The van der Waals surface area contributed by atoms with Gasteiger partial charge in [0.25, 0.3) is 11.8 Å². The number of fused-ring (bicyclic) bond motifs is 1. The summed E-state index contributed by atoms with van der Waals surface area (Å²) in [5, 5.41) is 0.327. The van der Waals surface area contributed by atoms with Gasteiger partial charge in [0.15, 0.2) is 0 Å². The molecule has 2 unspecified atom stereocenters. The number of likely N-dealkylation sites (N-methyl/N-ethyl adjacent to an activating group) is 2. The Hall–Kier alpha value is -2.97. The van der Waals surface area contributed by atoms with Crippen molar-refractivity contribution in [2.24, 2.45) is 0 Å². The van der Waals surface area contributed by atoms with Crippen LogP contribution in [-0.2, 0) is 16.1 Å². The fraction of sp³-hybridized carbons (Fsp3) is 0.423. The molecule has 9 heteroatoms. The number of carbonyl (C=O) groups is 3. The molecule has 35 heavy (non-hydrogen) atoms. The number of carbonyl (C=O) groups excluding carboxylic acids is 3. The number of hydrogen-bond acceptors (Lipinski definition) is 5. The summed E-state index contributed by atoms with van der Waals surface area (Å²) in [6, 6.07) is 9.80. The standard InChI is InChI=1S/C26H30ClFN4O3/c1-16-13-31(14-17-5-7-18(28)8-6-17)9-10-32(16)25(34)20-11-19-21(24(33)26(35)29(2)3)15-30(4)23(19)12-22(20)27/h5-8,11-12,16,21H,9-10,13-15H2,1-4H3. The quantitative estimate of drug-likeness (QED) is 0.591. The molecule has 0 saturated carbocycles. The zero-order valence-corrected chi connectivity index (χ0v) is 21.2. The third kappa shape index (κ3) is 5.04. The van der Waals surface area contributed by atoms with Gasteiger partial charge in [-0.3, -0.25) is 19.3 Å². The largest absolute Gasteiger partial charge is 0.373 e. The summed E-state index contributed by atoms with van der Waals surface area (Å²) in [4.78, 5) is 45.9. The molecule has 1 saturated heterocycles. The van der Waals surface area contributed by atoms with Gasteiger partial charge in [-0.15, -0.1) is 0 Å². The fourth-order valence-corrected chi connectivity index (χ4v) is 5.14. The average Bonchev–Trinajstić information content (AvgIpc) is 3.14. The Kier molecular flexibility index (Phi) is 7.15. The normalized spacial score (nSPS) is 20.1. The van der Waals surface area contributed by atoms with E-state index in [0.717, 1.165) is 11.3 Å². The van der Waals surface area contributed by atoms with Gasteiger partial charge in [-0.25, -0.2) is 4.39 Å². The van der Waals surface area contributed by atoms with Crippen LogP contribution in [0.3, 0.4) is 0 Å². The number of benzene rings is 2. The molecule has 4 rings (SSSR count). The summed E-state index contributed by atoms with van der Waals surface area (Å²) >= 11 is 6.55. The molecule has 0 aliphatic carbocycles. The number of Topliss-reactive ketones (excluding diaryl/α,β-unsaturated/α-hetero) is 1. The number of nitrogens with zero attached hydrogens (tertiary/aromatic N) is 4. The van der Waals surface area contributed by atoms with Gasteiger partial charge in [0.2, 0.25) is 5.78 Å². The lowest BCUT2D eigenvalue weighted by Crippen LogP contribution is -2.53. The summed E-state index contributed by atoms with van der Waals surface area (Å²) in [5.74, 6) is -2.15. The highest BCUT2D eigenvalue weighted by atomic mass is 35.5. The van der Waals surface area contributed by atoms with E-state index in [0.29, 0.717) is 48.9 Å². The second-order valence-corrected chi connectivity index (χ2v) is 10.0. The first-order chi connectivity index (χ1) is 16.6. The molecule has 2 aromatic rings. The third-order valence-electron chi connectivity index (χ3n) is 6.82. The maximum Gasteiger partial charge on any atom is 0.290 e. The molecule has 2 atom stereocenters. The van der Waals surface area contributed by atoms with E-state index in [-0.39, 0.29) is 17.8 Å². The van der Waals surface area contributed by atoms with Crippen molar-refractivity contribution in [2.75, 3.05) is 52.2 Å². The minimum absolute atomic E-state index is 0.0589. The van der Waals surface area contributed by atoms with Crippen molar-refractivity contribution in [3.63, 3.8) is 0 Å². The number of amides is 2. The maximum atomic E-state index is 13.5. The molecule has 0 radical (unpaired) electrons. The van der Waals surface area contributed by atoms with Gasteiger partial charge in [0.1, 0.15) is 5.82 Å². The van der Waals surface area contributed by atoms with E-state index in [9.17, 15) is 18.8 Å². The number of rotatable bonds is 5. The van der Waals surface area contributed by atoms with E-state index in [1.165, 1.54) is 17.0 Å². The van der Waals surface area contributed by atoms with Gasteiger partial charge >= 0.3 is 0 Å². The van der Waals surface area contributed by atoms with Crippen LogP contribution in [0.2, 0.25) is 5.02 Å². The highest BCUT2D eigenvalue weighted by Crippen LogP contribution is 2.40. The summed E-state index contributed by atoms with van der Waals surface area (Å²) < 4.78 is 13.2. The monoisotopic (exact) mass is 500 g/mol. The molecule has 2 aromatic carbocycles. The van der Waals surface area contributed by atoms with Crippen LogP contribution < -0.4 is 4.90 Å². The molecular weight excluding hydrogens is 471 g/mol. The SMILES string of the molecule is CC1CN(Cc2ccc(F)cc2)CCN1C(=O)c1cc2c(cc1Cl)N(C)CC2C(=O)C(=O)N(C)C. The topological polar surface area (TPSA) is 64.2 Å². The van der Waals surface area contributed by atoms with Crippen LogP contribution in [0.5, 0.6) is 0 Å². The summed E-state index contributed by atoms with van der Waals surface area (Å²) in [6.45, 7) is 4.91. The lowest BCUT2D eigenvalue weighted by molar-refractivity contribution is -0.143. The van der Waals surface area contributed by atoms with E-state index < -0.39 is 17.6 Å². The molecular formula is C26H30ClFN4O3. The molecule has 2 amide bonds. The third-order valence-corrected chi connectivity index (χ3v) is 7.13. The van der Waals surface area contributed by atoms with Crippen molar-refractivity contribution in [1.29, 1.82) is 0 Å². The number of anilines is 1. The van der Waals surface area contributed by atoms with Crippen LogP contribution in [-0.4, -0.2) is 85.7 Å². The minimum atomic E-state index is -0.640. The molecule has 0 aromatic heterocycles. The molecule has 0 N–H and O–H groups in total. The van der Waals surface area contributed by atoms with Gasteiger partial charge in [-0.1, -0.05) is 23.7 Å². The molecule has 1 fully saturated rings. The molecule has 0 bridgehead atoms. The van der Waals surface area contributed by atoms with Crippen LogP contribution in [0.4, 0.5) is 10.1 Å². The fourth-order valence-electron chi connectivity index (χ4n) is 4.90. The first-order valence-corrected chi connectivity index (χ1v) is 12.0. The number of ketones is 1. The lowest BCUT2D eigenvalue weighted by atomic mass is 9.94. The highest BCUT2D eigenvalue weighted by Gasteiger charge is 2.38. The van der Waals surface area contributed by atoms with E-state index in [1.807, 2.05) is 18.9 Å². The van der Waals surface area contributed by atoms with Gasteiger partial charge in [-0.2, -0.15) is 0 Å². The Morgan fingerprint density at radius 1 is 1.09 bits per heavy atom. The lowest BCUT2D eigenvalue weighted by Gasteiger charge is -2.40. The second kappa shape index (κ2) is 9.95. The Labute approximate surface area is 210 Å². The molecule has 2 heterocycles. The Balaban J connectivity index is 1.52. The predicted octanol–water partition coefficient (Wildman–Crippen LogP) is 3.02. The van der Waals surface area contributed by atoms with Crippen molar-refractivity contribution < 1.29 is 18.8 Å². The Morgan fingerprint density at radius 3 is 2.40 bits per heavy atom. The van der Waals surface area contributed by atoms with E-state index >= 15 is 0 Å². The molecule has 0 spiro atoms. The zero-order valence-electron chi connectivity index (χ0n) is 20.4. The van der Waals surface area contributed by atoms with Crippen molar-refractivity contribution in [2.45, 2.75) is 25.4 Å². The number of piperazine rings is 1. The maximum absolute atomic E-state index is 13.5. The van der Waals surface area contributed by atoms with Gasteiger partial charge in [-0.05, 0) is 42.3 Å². The van der Waals surface area contributed by atoms with Crippen LogP contribution >= 0.6 is 11.6 Å². The van der Waals surface area contributed by atoms with E-state index in [4.69, 9.17) is 11.6 Å². The van der Waals surface area contributed by atoms with Crippen molar-refractivity contribution in [3.8, 4) is 0 Å². The van der Waals surface area contributed by atoms with Crippen LogP contribution in [0.25, 0.3) is 0 Å². The molecule has 186 valence electrons. The Bertz CT molecular complexity index is 1150. The molecule has 2 aliphatic heterocycles. The van der Waals surface area contributed by atoms with Crippen LogP contribution in [0.15, 0.2) is 36.4 Å². The van der Waals surface area contributed by atoms with E-state index in [1.54, 1.807) is 43.3 Å². The number of hydrogen-bond donors (Lipinski definition) is 0. The zero-order chi connectivity index (χ0) is 25.4. The average molecular weight is 501 g/mol. The summed E-state index contributed by atoms with van der Waals surface area (Å²) in [7, 11) is 4.94. The summed E-state index contributed by atoms with van der Waals surface area (Å²) in [6.07, 6.45) is 0. The highest BCUT2D eigenvalue weighted by molar-refractivity contribution is 6.39. The predicted molar refractivity (Wildman–Crippen MR) is 133 cm³/mol. The first-order valence-electron chi connectivity index (χ1n) is 11.6. The van der Waals surface area contributed by atoms with E-state index in [2.05, 4.69) is 4.90 Å². The Morgan fingerprint density at radius 2 is 1.77 bits per heavy atom. The van der Waals surface area contributed by atoms with Crippen molar-refractivity contribution in [1.82, 2.24) is 14.7 Å². The number of halogens is 2. The smallest absolute Gasteiger partial charge is 0.290 e. The van der Waals surface area contributed by atoms with Crippen LogP contribution in [0.1, 0.15) is 34.3 Å².